The largest absolute Gasteiger partial charge is 0.488 e. The van der Waals surface area contributed by atoms with Gasteiger partial charge < -0.3 is 13.8 Å². The van der Waals surface area contributed by atoms with Crippen molar-refractivity contribution in [2.24, 2.45) is 0 Å². The Bertz CT molecular complexity index is 484. The molecule has 1 rings (SSSR count). The van der Waals surface area contributed by atoms with E-state index in [4.69, 9.17) is 21.1 Å². The first-order valence-corrected chi connectivity index (χ1v) is 6.37. The van der Waals surface area contributed by atoms with Gasteiger partial charge in [0.1, 0.15) is 18.5 Å². The van der Waals surface area contributed by atoms with Crippen molar-refractivity contribution in [2.45, 2.75) is 19.2 Å². The molecule has 4 nitrogen and oxygen atoms in total. The zero-order chi connectivity index (χ0) is 15.3. The molecule has 20 heavy (non-hydrogen) atoms. The highest BCUT2D eigenvalue weighted by molar-refractivity contribution is 6.32. The Kier molecular flexibility index (Phi) is 5.99. The van der Waals surface area contributed by atoms with Crippen molar-refractivity contribution in [3.05, 3.63) is 28.8 Å². The lowest BCUT2D eigenvalue weighted by Crippen LogP contribution is -2.28. The first-order chi connectivity index (χ1) is 9.25. The molecular formula is C11H10AlClF3NO3. The number of halogens is 4. The lowest BCUT2D eigenvalue weighted by Gasteiger charge is -2.16. The number of carbonyl (C=O) groups excluding carboxylic acids is 1. The number of nitrogens with one attached hydrogen (secondary N) is 1. The van der Waals surface area contributed by atoms with Crippen LogP contribution >= 0.6 is 11.6 Å². The number of carbonyl (C=O) groups is 1. The maximum atomic E-state index is 12.6. The number of amides is 1. The van der Waals surface area contributed by atoms with E-state index in [2.05, 4.69) is 4.30 Å². The standard InChI is InChI=1S/C11H11ClF3NO3.Al/c1-6(19-10(16)17)5-18-8-4-2-3-7(9(8)12)11(13,14)15;/h2-4,6H,5H2,1H3,(H2,16,17);/q;+1/p-1. The summed E-state index contributed by atoms with van der Waals surface area (Å²) in [5, 5.41) is -0.525. The molecule has 0 aliphatic rings. The van der Waals surface area contributed by atoms with Gasteiger partial charge in [0.05, 0.1) is 10.6 Å². The van der Waals surface area contributed by atoms with Gasteiger partial charge in [-0.15, -0.1) is 0 Å². The van der Waals surface area contributed by atoms with Crippen LogP contribution in [-0.4, -0.2) is 35.3 Å². The fourth-order valence-electron chi connectivity index (χ4n) is 1.30. The third-order valence-electron chi connectivity index (χ3n) is 2.17. The summed E-state index contributed by atoms with van der Waals surface area (Å²) in [6.45, 7) is 1.40. The molecule has 0 saturated heterocycles. The molecule has 1 aromatic carbocycles. The van der Waals surface area contributed by atoms with Crippen LogP contribution in [0.5, 0.6) is 5.75 Å². The number of hydrogen-bond acceptors (Lipinski definition) is 3. The molecule has 0 spiro atoms. The normalized spacial score (nSPS) is 12.7. The van der Waals surface area contributed by atoms with Gasteiger partial charge in [0.25, 0.3) is 0 Å². The van der Waals surface area contributed by atoms with Crippen molar-refractivity contribution in [1.82, 2.24) is 4.30 Å². The lowest BCUT2D eigenvalue weighted by atomic mass is 10.2. The average molecular weight is 324 g/mol. The van der Waals surface area contributed by atoms with Crippen LogP contribution in [0.2, 0.25) is 5.02 Å². The summed E-state index contributed by atoms with van der Waals surface area (Å²) < 4.78 is 50.0. The summed E-state index contributed by atoms with van der Waals surface area (Å²) in [5.74, 6) is -0.122. The van der Waals surface area contributed by atoms with E-state index in [-0.39, 0.29) is 12.4 Å². The second kappa shape index (κ2) is 7.07. The van der Waals surface area contributed by atoms with Crippen LogP contribution in [-0.2, 0) is 10.9 Å². The minimum absolute atomic E-state index is 0.122. The predicted molar refractivity (Wildman–Crippen MR) is 66.8 cm³/mol. The molecule has 1 N–H and O–H groups in total. The zero-order valence-electron chi connectivity index (χ0n) is 10.3. The summed E-state index contributed by atoms with van der Waals surface area (Å²) >= 11 is 7.60. The van der Waals surface area contributed by atoms with Crippen LogP contribution in [0, 0.1) is 0 Å². The maximum Gasteiger partial charge on any atom is 0.417 e. The molecule has 0 aromatic heterocycles. The predicted octanol–water partition coefficient (Wildman–Crippen LogP) is 2.94. The van der Waals surface area contributed by atoms with Gasteiger partial charge in [-0.3, -0.25) is 0 Å². The average Bonchev–Trinajstić information content (AvgIpc) is 2.36. The van der Waals surface area contributed by atoms with Crippen LogP contribution in [0.1, 0.15) is 12.5 Å². The minimum atomic E-state index is -4.56. The Morgan fingerprint density at radius 2 is 2.15 bits per heavy atom. The number of ether oxygens (including phenoxy) is 2. The van der Waals surface area contributed by atoms with Gasteiger partial charge in [0, 0.05) is 0 Å². The first-order valence-electron chi connectivity index (χ1n) is 5.41. The fourth-order valence-corrected chi connectivity index (χ4v) is 1.65. The van der Waals surface area contributed by atoms with Crippen molar-refractivity contribution in [3.8, 4) is 5.75 Å². The van der Waals surface area contributed by atoms with E-state index >= 15 is 0 Å². The summed E-state index contributed by atoms with van der Waals surface area (Å²) in [7, 11) is 0. The zero-order valence-corrected chi connectivity index (χ0v) is 12.2. The summed E-state index contributed by atoms with van der Waals surface area (Å²) in [5.41, 5.74) is -0.979. The molecular weight excluding hydrogens is 314 g/mol. The molecule has 1 atom stereocenters. The Hall–Kier alpha value is -1.10. The van der Waals surface area contributed by atoms with Crippen molar-refractivity contribution >= 4 is 34.2 Å². The van der Waals surface area contributed by atoms with Crippen LogP contribution < -0.4 is 9.04 Å². The van der Waals surface area contributed by atoms with Crippen molar-refractivity contribution < 1.29 is 27.4 Å². The molecule has 1 amide bonds. The van der Waals surface area contributed by atoms with E-state index in [9.17, 15) is 18.0 Å². The topological polar surface area (TPSA) is 47.6 Å². The van der Waals surface area contributed by atoms with Gasteiger partial charge in [-0.1, -0.05) is 17.7 Å². The number of rotatable bonds is 4. The van der Waals surface area contributed by atoms with Gasteiger partial charge >= 0.3 is 28.8 Å². The van der Waals surface area contributed by atoms with E-state index in [1.54, 1.807) is 0 Å². The van der Waals surface area contributed by atoms with Crippen LogP contribution in [0.3, 0.4) is 0 Å². The van der Waals surface area contributed by atoms with Gasteiger partial charge in [-0.25, -0.2) is 4.79 Å². The Morgan fingerprint density at radius 1 is 1.50 bits per heavy atom. The molecule has 108 valence electrons. The molecule has 2 radical (unpaired) electrons. The number of benzene rings is 1. The third kappa shape index (κ3) is 4.78. The van der Waals surface area contributed by atoms with E-state index in [1.807, 2.05) is 16.5 Å². The van der Waals surface area contributed by atoms with Gasteiger partial charge in [0.15, 0.2) is 0 Å². The van der Waals surface area contributed by atoms with Crippen molar-refractivity contribution in [2.75, 3.05) is 6.61 Å². The monoisotopic (exact) mass is 323 g/mol. The molecule has 0 bridgehead atoms. The maximum absolute atomic E-state index is 12.6. The molecule has 0 aliphatic heterocycles. The highest BCUT2D eigenvalue weighted by Crippen LogP contribution is 2.39. The number of hydrogen-bond donors (Lipinski definition) is 1. The molecule has 0 saturated carbocycles. The SMILES string of the molecule is CC(COc1cccc(C(F)(F)F)c1Cl)OC(=O)[NH][Al]. The molecule has 1 unspecified atom stereocenters. The molecule has 0 aliphatic carbocycles. The van der Waals surface area contributed by atoms with Crippen LogP contribution in [0.15, 0.2) is 18.2 Å². The highest BCUT2D eigenvalue weighted by Gasteiger charge is 2.34. The Labute approximate surface area is 126 Å². The van der Waals surface area contributed by atoms with E-state index in [0.29, 0.717) is 0 Å². The highest BCUT2D eigenvalue weighted by atomic mass is 35.5. The van der Waals surface area contributed by atoms with Gasteiger partial charge in [0.2, 0.25) is 0 Å². The first kappa shape index (κ1) is 17.0. The Balaban J connectivity index is 2.72. The van der Waals surface area contributed by atoms with Crippen LogP contribution in [0.4, 0.5) is 18.0 Å². The quantitative estimate of drug-likeness (QED) is 0.867. The smallest absolute Gasteiger partial charge is 0.417 e. The molecule has 9 heteroatoms. The van der Waals surface area contributed by atoms with E-state index in [1.165, 1.54) is 19.1 Å². The molecule has 0 heterocycles. The van der Waals surface area contributed by atoms with E-state index in [0.717, 1.165) is 6.07 Å². The van der Waals surface area contributed by atoms with Crippen molar-refractivity contribution in [1.29, 1.82) is 0 Å². The molecule has 0 fully saturated rings. The fraction of sp³-hybridized carbons (Fsp3) is 0.364. The van der Waals surface area contributed by atoms with Gasteiger partial charge in [-0.2, -0.15) is 13.2 Å². The van der Waals surface area contributed by atoms with Crippen molar-refractivity contribution in [3.63, 3.8) is 0 Å². The lowest BCUT2D eigenvalue weighted by molar-refractivity contribution is -0.137. The summed E-state index contributed by atoms with van der Waals surface area (Å²) in [6, 6.07) is 3.35. The third-order valence-corrected chi connectivity index (χ3v) is 2.79. The molecule has 1 aromatic rings. The summed E-state index contributed by atoms with van der Waals surface area (Å²) in [4.78, 5) is 10.9. The van der Waals surface area contributed by atoms with E-state index < -0.39 is 29.0 Å². The minimum Gasteiger partial charge on any atom is -0.488 e. The summed E-state index contributed by atoms with van der Waals surface area (Å²) in [6.07, 6.45) is -5.90. The second-order valence-corrected chi connectivity index (χ2v) is 4.45. The van der Waals surface area contributed by atoms with Crippen LogP contribution in [0.25, 0.3) is 0 Å². The van der Waals surface area contributed by atoms with Gasteiger partial charge in [-0.05, 0) is 19.1 Å². The Morgan fingerprint density at radius 3 is 2.70 bits per heavy atom. The second-order valence-electron chi connectivity index (χ2n) is 3.79. The number of alkyl halides is 3.